The Morgan fingerprint density at radius 2 is 1.13 bits per heavy atom. The van der Waals surface area contributed by atoms with E-state index in [1.807, 2.05) is 4.90 Å². The molecule has 6 heteroatoms. The van der Waals surface area contributed by atoms with E-state index in [2.05, 4.69) is 0 Å². The second-order valence-corrected chi connectivity index (χ2v) is 7.03. The lowest BCUT2D eigenvalue weighted by molar-refractivity contribution is -0.153. The van der Waals surface area contributed by atoms with Gasteiger partial charge in [0.25, 0.3) is 0 Å². The first-order valence-electron chi connectivity index (χ1n) is 9.01. The Kier molecular flexibility index (Phi) is 5.18. The summed E-state index contributed by atoms with van der Waals surface area (Å²) in [5.74, 6) is 0.0109. The van der Waals surface area contributed by atoms with Gasteiger partial charge in [-0.3, -0.25) is 14.4 Å². The van der Waals surface area contributed by atoms with Gasteiger partial charge in [-0.05, 0) is 31.6 Å². The van der Waals surface area contributed by atoms with Gasteiger partial charge in [-0.15, -0.1) is 0 Å². The first-order chi connectivity index (χ1) is 11.1. The molecule has 0 spiro atoms. The first-order valence-corrected chi connectivity index (χ1v) is 9.01. The van der Waals surface area contributed by atoms with Gasteiger partial charge < -0.3 is 14.7 Å². The van der Waals surface area contributed by atoms with Gasteiger partial charge in [-0.2, -0.15) is 0 Å². The Balaban J connectivity index is 1.44. The number of carbonyl (C=O) groups is 3. The molecular formula is C17H27N3O3. The molecule has 0 N–H and O–H groups in total. The van der Waals surface area contributed by atoms with E-state index in [1.165, 1.54) is 25.7 Å². The van der Waals surface area contributed by atoms with Crippen LogP contribution in [-0.4, -0.2) is 71.7 Å². The Morgan fingerprint density at radius 1 is 0.652 bits per heavy atom. The molecule has 3 amide bonds. The van der Waals surface area contributed by atoms with Crippen molar-refractivity contribution in [1.82, 2.24) is 14.7 Å². The second kappa shape index (κ2) is 7.32. The Hall–Kier alpha value is -1.59. The summed E-state index contributed by atoms with van der Waals surface area (Å²) >= 11 is 0. The fourth-order valence-electron chi connectivity index (χ4n) is 3.94. The summed E-state index contributed by atoms with van der Waals surface area (Å²) in [6.07, 6.45) is 7.48. The SMILES string of the molecule is O=C(CC1CCCC1)N1CCN(C(=O)C(=O)N2CCCC2)CC1. The molecule has 0 unspecified atom stereocenters. The molecule has 3 aliphatic rings. The first kappa shape index (κ1) is 16.3. The lowest BCUT2D eigenvalue weighted by Gasteiger charge is -2.35. The zero-order valence-corrected chi connectivity index (χ0v) is 13.8. The van der Waals surface area contributed by atoms with Gasteiger partial charge in [0.15, 0.2) is 0 Å². The highest BCUT2D eigenvalue weighted by molar-refractivity contribution is 6.35. The van der Waals surface area contributed by atoms with Crippen LogP contribution in [0.1, 0.15) is 44.9 Å². The summed E-state index contributed by atoms with van der Waals surface area (Å²) in [5.41, 5.74) is 0. The lowest BCUT2D eigenvalue weighted by atomic mass is 10.0. The van der Waals surface area contributed by atoms with Crippen LogP contribution in [0, 0.1) is 5.92 Å². The smallest absolute Gasteiger partial charge is 0.312 e. The number of carbonyl (C=O) groups excluding carboxylic acids is 3. The predicted octanol–water partition coefficient (Wildman–Crippen LogP) is 0.860. The average molecular weight is 321 g/mol. The van der Waals surface area contributed by atoms with E-state index >= 15 is 0 Å². The highest BCUT2D eigenvalue weighted by Gasteiger charge is 2.32. The fourth-order valence-corrected chi connectivity index (χ4v) is 3.94. The van der Waals surface area contributed by atoms with Gasteiger partial charge in [-0.1, -0.05) is 12.8 Å². The molecule has 1 aliphatic carbocycles. The summed E-state index contributed by atoms with van der Waals surface area (Å²) in [6, 6.07) is 0. The molecule has 0 bridgehead atoms. The average Bonchev–Trinajstić information content (AvgIpc) is 3.27. The van der Waals surface area contributed by atoms with Crippen LogP contribution in [0.15, 0.2) is 0 Å². The summed E-state index contributed by atoms with van der Waals surface area (Å²) < 4.78 is 0. The Bertz CT molecular complexity index is 460. The summed E-state index contributed by atoms with van der Waals surface area (Å²) in [7, 11) is 0. The molecule has 0 aromatic rings. The molecule has 0 aromatic carbocycles. The van der Waals surface area contributed by atoms with Crippen LogP contribution in [-0.2, 0) is 14.4 Å². The number of likely N-dealkylation sites (tertiary alicyclic amines) is 1. The zero-order chi connectivity index (χ0) is 16.2. The van der Waals surface area contributed by atoms with Gasteiger partial charge in [0.2, 0.25) is 5.91 Å². The molecular weight excluding hydrogens is 294 g/mol. The second-order valence-electron chi connectivity index (χ2n) is 7.03. The van der Waals surface area contributed by atoms with E-state index in [-0.39, 0.29) is 11.8 Å². The number of rotatable bonds is 2. The van der Waals surface area contributed by atoms with Crippen molar-refractivity contribution < 1.29 is 14.4 Å². The summed E-state index contributed by atoms with van der Waals surface area (Å²) in [6.45, 7) is 3.48. The summed E-state index contributed by atoms with van der Waals surface area (Å²) in [4.78, 5) is 41.9. The van der Waals surface area contributed by atoms with Crippen molar-refractivity contribution in [2.45, 2.75) is 44.9 Å². The highest BCUT2D eigenvalue weighted by Crippen LogP contribution is 2.28. The van der Waals surface area contributed by atoms with Crippen molar-refractivity contribution in [3.8, 4) is 0 Å². The van der Waals surface area contributed by atoms with Crippen LogP contribution >= 0.6 is 0 Å². The molecule has 6 nitrogen and oxygen atoms in total. The van der Waals surface area contributed by atoms with Crippen molar-refractivity contribution in [2.75, 3.05) is 39.3 Å². The van der Waals surface area contributed by atoms with Crippen LogP contribution < -0.4 is 0 Å². The van der Waals surface area contributed by atoms with Gasteiger partial charge >= 0.3 is 11.8 Å². The topological polar surface area (TPSA) is 60.9 Å². The molecule has 2 saturated heterocycles. The Labute approximate surface area is 137 Å². The molecule has 23 heavy (non-hydrogen) atoms. The van der Waals surface area contributed by atoms with Crippen LogP contribution in [0.3, 0.4) is 0 Å². The maximum absolute atomic E-state index is 12.3. The molecule has 2 heterocycles. The minimum atomic E-state index is -0.394. The molecule has 0 atom stereocenters. The maximum atomic E-state index is 12.3. The molecule has 3 fully saturated rings. The van der Waals surface area contributed by atoms with Gasteiger partial charge in [-0.25, -0.2) is 0 Å². The normalized spacial score (nSPS) is 22.7. The van der Waals surface area contributed by atoms with Gasteiger partial charge in [0.1, 0.15) is 0 Å². The van der Waals surface area contributed by atoms with Crippen molar-refractivity contribution in [3.05, 3.63) is 0 Å². The van der Waals surface area contributed by atoms with Crippen LogP contribution in [0.2, 0.25) is 0 Å². The number of hydrogen-bond acceptors (Lipinski definition) is 3. The van der Waals surface area contributed by atoms with Gasteiger partial charge in [0.05, 0.1) is 0 Å². The number of piperazine rings is 1. The van der Waals surface area contributed by atoms with Crippen molar-refractivity contribution >= 4 is 17.7 Å². The number of nitrogens with zero attached hydrogens (tertiary/aromatic N) is 3. The van der Waals surface area contributed by atoms with Crippen LogP contribution in [0.5, 0.6) is 0 Å². The molecule has 1 saturated carbocycles. The lowest BCUT2D eigenvalue weighted by Crippen LogP contribution is -2.54. The maximum Gasteiger partial charge on any atom is 0.312 e. The van der Waals surface area contributed by atoms with Crippen molar-refractivity contribution in [2.24, 2.45) is 5.92 Å². The third kappa shape index (κ3) is 3.85. The van der Waals surface area contributed by atoms with E-state index in [0.717, 1.165) is 12.8 Å². The van der Waals surface area contributed by atoms with Crippen molar-refractivity contribution in [1.29, 1.82) is 0 Å². The molecule has 3 rings (SSSR count). The van der Waals surface area contributed by atoms with E-state index in [1.54, 1.807) is 9.80 Å². The third-order valence-electron chi connectivity index (χ3n) is 5.43. The van der Waals surface area contributed by atoms with Gasteiger partial charge in [0, 0.05) is 45.7 Å². The number of amides is 3. The molecule has 128 valence electrons. The highest BCUT2D eigenvalue weighted by atomic mass is 16.2. The van der Waals surface area contributed by atoms with Crippen LogP contribution in [0.25, 0.3) is 0 Å². The quantitative estimate of drug-likeness (QED) is 0.709. The Morgan fingerprint density at radius 3 is 1.70 bits per heavy atom. The van der Waals surface area contributed by atoms with Crippen molar-refractivity contribution in [3.63, 3.8) is 0 Å². The minimum absolute atomic E-state index is 0.217. The minimum Gasteiger partial charge on any atom is -0.339 e. The predicted molar refractivity (Wildman–Crippen MR) is 85.5 cm³/mol. The molecule has 0 aromatic heterocycles. The number of hydrogen-bond donors (Lipinski definition) is 0. The standard InChI is InChI=1S/C17H27N3O3/c21-15(13-14-5-1-2-6-14)18-9-11-20(12-10-18)17(23)16(22)19-7-3-4-8-19/h14H,1-13H2. The van der Waals surface area contributed by atoms with Crippen LogP contribution in [0.4, 0.5) is 0 Å². The monoisotopic (exact) mass is 321 g/mol. The third-order valence-corrected chi connectivity index (χ3v) is 5.43. The van der Waals surface area contributed by atoms with E-state index in [4.69, 9.17) is 0 Å². The van der Waals surface area contributed by atoms with E-state index in [0.29, 0.717) is 51.6 Å². The molecule has 2 aliphatic heterocycles. The zero-order valence-electron chi connectivity index (χ0n) is 13.8. The van der Waals surface area contributed by atoms with E-state index in [9.17, 15) is 14.4 Å². The largest absolute Gasteiger partial charge is 0.339 e. The fraction of sp³-hybridized carbons (Fsp3) is 0.824. The van der Waals surface area contributed by atoms with E-state index < -0.39 is 5.91 Å². The summed E-state index contributed by atoms with van der Waals surface area (Å²) in [5, 5.41) is 0. The molecule has 0 radical (unpaired) electrons.